The van der Waals surface area contributed by atoms with Gasteiger partial charge < -0.3 is 19.7 Å². The van der Waals surface area contributed by atoms with E-state index in [1.807, 2.05) is 61.6 Å². The van der Waals surface area contributed by atoms with E-state index >= 15 is 0 Å². The van der Waals surface area contributed by atoms with Crippen LogP contribution >= 0.6 is 0 Å². The molecule has 6 heteroatoms. The zero-order valence-electron chi connectivity index (χ0n) is 17.3. The Labute approximate surface area is 181 Å². The van der Waals surface area contributed by atoms with E-state index in [2.05, 4.69) is 16.4 Å². The number of nitrogens with zero attached hydrogens (tertiary/aromatic N) is 3. The fourth-order valence-electron chi connectivity index (χ4n) is 3.43. The molecule has 0 amide bonds. The molecule has 154 valence electrons. The third-order valence-electron chi connectivity index (χ3n) is 5.10. The molecule has 2 N–H and O–H groups in total. The van der Waals surface area contributed by atoms with E-state index in [1.54, 1.807) is 42.2 Å². The lowest BCUT2D eigenvalue weighted by Crippen LogP contribution is -2.25. The SMILES string of the molecule is Cn1cncc1C(C)(O)c1ccc(C#N)c(Oc2cccc(Nc3ccccc3)c2)c1. The number of hydrogen-bond donors (Lipinski definition) is 2. The molecule has 0 saturated carbocycles. The maximum atomic E-state index is 11.2. The highest BCUT2D eigenvalue weighted by Crippen LogP contribution is 2.34. The van der Waals surface area contributed by atoms with Crippen LogP contribution in [0.4, 0.5) is 11.4 Å². The first-order chi connectivity index (χ1) is 15.0. The molecule has 0 aliphatic heterocycles. The Morgan fingerprint density at radius 1 is 1.03 bits per heavy atom. The highest BCUT2D eigenvalue weighted by Gasteiger charge is 2.29. The van der Waals surface area contributed by atoms with Crippen LogP contribution in [0.15, 0.2) is 85.3 Å². The lowest BCUT2D eigenvalue weighted by atomic mass is 9.91. The van der Waals surface area contributed by atoms with Gasteiger partial charge in [-0.3, -0.25) is 0 Å². The Bertz CT molecular complexity index is 1240. The highest BCUT2D eigenvalue weighted by molar-refractivity contribution is 5.61. The lowest BCUT2D eigenvalue weighted by Gasteiger charge is -2.25. The van der Waals surface area contributed by atoms with Crippen molar-refractivity contribution in [3.63, 3.8) is 0 Å². The van der Waals surface area contributed by atoms with Gasteiger partial charge in [-0.2, -0.15) is 5.26 Å². The quantitative estimate of drug-likeness (QED) is 0.463. The molecule has 0 aliphatic carbocycles. The predicted molar refractivity (Wildman–Crippen MR) is 119 cm³/mol. The van der Waals surface area contributed by atoms with Crippen LogP contribution in [-0.4, -0.2) is 14.7 Å². The van der Waals surface area contributed by atoms with Gasteiger partial charge >= 0.3 is 0 Å². The number of aryl methyl sites for hydroxylation is 1. The van der Waals surface area contributed by atoms with E-state index in [1.165, 1.54) is 0 Å². The minimum atomic E-state index is -1.30. The molecule has 1 atom stereocenters. The van der Waals surface area contributed by atoms with Crippen LogP contribution in [0.25, 0.3) is 0 Å². The van der Waals surface area contributed by atoms with Gasteiger partial charge in [0.1, 0.15) is 23.2 Å². The van der Waals surface area contributed by atoms with Gasteiger partial charge in [-0.15, -0.1) is 0 Å². The molecule has 0 aliphatic rings. The monoisotopic (exact) mass is 410 g/mol. The van der Waals surface area contributed by atoms with E-state index in [4.69, 9.17) is 4.74 Å². The van der Waals surface area contributed by atoms with Crippen LogP contribution in [0.2, 0.25) is 0 Å². The Kier molecular flexibility index (Phi) is 5.44. The van der Waals surface area contributed by atoms with Crippen LogP contribution in [0.5, 0.6) is 11.5 Å². The normalized spacial score (nSPS) is 12.6. The van der Waals surface area contributed by atoms with Crippen molar-refractivity contribution >= 4 is 11.4 Å². The fourth-order valence-corrected chi connectivity index (χ4v) is 3.43. The molecule has 0 radical (unpaired) electrons. The number of nitriles is 1. The molecule has 1 unspecified atom stereocenters. The Balaban J connectivity index is 1.64. The first kappa shape index (κ1) is 20.2. The van der Waals surface area contributed by atoms with Crippen molar-refractivity contribution < 1.29 is 9.84 Å². The van der Waals surface area contributed by atoms with E-state index in [0.29, 0.717) is 28.3 Å². The molecular formula is C25H22N4O2. The molecule has 3 aromatic carbocycles. The summed E-state index contributed by atoms with van der Waals surface area (Å²) in [6, 6.07) is 24.6. The smallest absolute Gasteiger partial charge is 0.145 e. The second-order valence-electron chi connectivity index (χ2n) is 7.41. The molecule has 0 fully saturated rings. The number of hydrogen-bond acceptors (Lipinski definition) is 5. The van der Waals surface area contributed by atoms with Crippen LogP contribution in [0.3, 0.4) is 0 Å². The number of aromatic nitrogens is 2. The minimum Gasteiger partial charge on any atom is -0.456 e. The number of benzene rings is 3. The summed E-state index contributed by atoms with van der Waals surface area (Å²) in [6.07, 6.45) is 3.26. The van der Waals surface area contributed by atoms with Crippen molar-refractivity contribution in [2.45, 2.75) is 12.5 Å². The van der Waals surface area contributed by atoms with Crippen molar-refractivity contribution in [2.24, 2.45) is 7.05 Å². The first-order valence-corrected chi connectivity index (χ1v) is 9.81. The van der Waals surface area contributed by atoms with Crippen molar-refractivity contribution in [1.82, 2.24) is 9.55 Å². The second kappa shape index (κ2) is 8.34. The molecule has 6 nitrogen and oxygen atoms in total. The van der Waals surface area contributed by atoms with Gasteiger partial charge in [0.25, 0.3) is 0 Å². The standard InChI is InChI=1S/C25H22N4O2/c1-25(30,24-16-27-17-29(24)2)19-12-11-18(15-26)23(13-19)31-22-10-6-9-21(14-22)28-20-7-4-3-5-8-20/h3-14,16-17,28,30H,1-2H3. The summed E-state index contributed by atoms with van der Waals surface area (Å²) < 4.78 is 7.83. The second-order valence-corrected chi connectivity index (χ2v) is 7.41. The maximum Gasteiger partial charge on any atom is 0.145 e. The van der Waals surface area contributed by atoms with Gasteiger partial charge in [0.15, 0.2) is 0 Å². The maximum absolute atomic E-state index is 11.2. The Hall–Kier alpha value is -4.08. The molecule has 1 heterocycles. The minimum absolute atomic E-state index is 0.374. The van der Waals surface area contributed by atoms with Crippen molar-refractivity contribution in [3.05, 3.63) is 102 Å². The van der Waals surface area contributed by atoms with Crippen LogP contribution in [0, 0.1) is 11.3 Å². The summed E-state index contributed by atoms with van der Waals surface area (Å²) in [5.74, 6) is 0.953. The summed E-state index contributed by atoms with van der Waals surface area (Å²) in [6.45, 7) is 1.69. The van der Waals surface area contributed by atoms with E-state index in [0.717, 1.165) is 11.4 Å². The van der Waals surface area contributed by atoms with E-state index in [-0.39, 0.29) is 0 Å². The molecule has 4 rings (SSSR count). The number of imidazole rings is 1. The third kappa shape index (κ3) is 4.27. The fraction of sp³-hybridized carbons (Fsp3) is 0.120. The molecule has 1 aromatic heterocycles. The summed E-state index contributed by atoms with van der Waals surface area (Å²) in [5, 5.41) is 24.1. The average molecular weight is 410 g/mol. The van der Waals surface area contributed by atoms with E-state index in [9.17, 15) is 10.4 Å². The van der Waals surface area contributed by atoms with Gasteiger partial charge in [-0.05, 0) is 48.9 Å². The molecule has 0 bridgehead atoms. The van der Waals surface area contributed by atoms with Crippen LogP contribution < -0.4 is 10.1 Å². The largest absolute Gasteiger partial charge is 0.456 e. The lowest BCUT2D eigenvalue weighted by molar-refractivity contribution is 0.0939. The van der Waals surface area contributed by atoms with Crippen molar-refractivity contribution in [3.8, 4) is 17.6 Å². The average Bonchev–Trinajstić information content (AvgIpc) is 3.21. The Morgan fingerprint density at radius 2 is 1.81 bits per heavy atom. The zero-order chi connectivity index (χ0) is 21.8. The zero-order valence-corrected chi connectivity index (χ0v) is 17.3. The van der Waals surface area contributed by atoms with Crippen molar-refractivity contribution in [1.29, 1.82) is 5.26 Å². The molecule has 31 heavy (non-hydrogen) atoms. The van der Waals surface area contributed by atoms with Crippen molar-refractivity contribution in [2.75, 3.05) is 5.32 Å². The number of ether oxygens (including phenoxy) is 1. The highest BCUT2D eigenvalue weighted by atomic mass is 16.5. The van der Waals surface area contributed by atoms with Crippen LogP contribution in [-0.2, 0) is 12.6 Å². The summed E-state index contributed by atoms with van der Waals surface area (Å²) in [7, 11) is 1.82. The summed E-state index contributed by atoms with van der Waals surface area (Å²) >= 11 is 0. The summed E-state index contributed by atoms with van der Waals surface area (Å²) in [5.41, 5.74) is 2.15. The van der Waals surface area contributed by atoms with E-state index < -0.39 is 5.60 Å². The third-order valence-corrected chi connectivity index (χ3v) is 5.10. The van der Waals surface area contributed by atoms with Crippen LogP contribution in [0.1, 0.15) is 23.7 Å². The predicted octanol–water partition coefficient (Wildman–Crippen LogP) is 5.08. The molecule has 0 saturated heterocycles. The Morgan fingerprint density at radius 3 is 2.52 bits per heavy atom. The van der Waals surface area contributed by atoms with Gasteiger partial charge in [-0.1, -0.05) is 30.3 Å². The van der Waals surface area contributed by atoms with Gasteiger partial charge in [0, 0.05) is 24.5 Å². The van der Waals surface area contributed by atoms with Gasteiger partial charge in [0.05, 0.1) is 23.8 Å². The molecular weight excluding hydrogens is 388 g/mol. The topological polar surface area (TPSA) is 83.1 Å². The number of anilines is 2. The summed E-state index contributed by atoms with van der Waals surface area (Å²) in [4.78, 5) is 4.09. The number of rotatable bonds is 6. The van der Waals surface area contributed by atoms with Gasteiger partial charge in [-0.25, -0.2) is 4.98 Å². The number of nitrogens with one attached hydrogen (secondary N) is 1. The first-order valence-electron chi connectivity index (χ1n) is 9.81. The number of aliphatic hydroxyl groups is 1. The number of para-hydroxylation sites is 1. The molecule has 4 aromatic rings. The van der Waals surface area contributed by atoms with Gasteiger partial charge in [0.2, 0.25) is 0 Å². The molecule has 0 spiro atoms.